The molecule has 0 saturated heterocycles. The molecule has 4 aromatic rings. The Morgan fingerprint density at radius 1 is 1.12 bits per heavy atom. The van der Waals surface area contributed by atoms with E-state index in [2.05, 4.69) is 30.9 Å². The van der Waals surface area contributed by atoms with Crippen molar-refractivity contribution >= 4 is 32.7 Å². The minimum Gasteiger partial charge on any atom is -0.464 e. The SMILES string of the molecule is Cc1cc(Oc2nccc3occc23)ccc1-c1nc(N)c(Br)nc1C. The van der Waals surface area contributed by atoms with E-state index >= 15 is 0 Å². The fourth-order valence-electron chi connectivity index (χ4n) is 2.79. The predicted molar refractivity (Wildman–Crippen MR) is 103 cm³/mol. The van der Waals surface area contributed by atoms with Crippen molar-refractivity contribution in [3.63, 3.8) is 0 Å². The maximum Gasteiger partial charge on any atom is 0.230 e. The van der Waals surface area contributed by atoms with Crippen LogP contribution in [0.25, 0.3) is 22.2 Å². The maximum atomic E-state index is 5.96. The molecule has 0 radical (unpaired) electrons. The van der Waals surface area contributed by atoms with Crippen LogP contribution in [0.4, 0.5) is 5.82 Å². The zero-order valence-corrected chi connectivity index (χ0v) is 15.7. The number of furan rings is 1. The Morgan fingerprint density at radius 3 is 2.77 bits per heavy atom. The van der Waals surface area contributed by atoms with Gasteiger partial charge in [-0.2, -0.15) is 0 Å². The van der Waals surface area contributed by atoms with Crippen molar-refractivity contribution in [2.24, 2.45) is 0 Å². The minimum absolute atomic E-state index is 0.362. The van der Waals surface area contributed by atoms with Crippen molar-refractivity contribution in [2.75, 3.05) is 5.73 Å². The summed E-state index contributed by atoms with van der Waals surface area (Å²) in [6, 6.07) is 9.40. The first-order chi connectivity index (χ1) is 12.5. The molecule has 6 nitrogen and oxygen atoms in total. The molecule has 1 aromatic carbocycles. The smallest absolute Gasteiger partial charge is 0.230 e. The van der Waals surface area contributed by atoms with Crippen LogP contribution in [0.15, 0.2) is 51.8 Å². The molecule has 7 heteroatoms. The van der Waals surface area contributed by atoms with Gasteiger partial charge in [0.25, 0.3) is 0 Å². The van der Waals surface area contributed by atoms with E-state index in [4.69, 9.17) is 14.9 Å². The van der Waals surface area contributed by atoms with E-state index in [-0.39, 0.29) is 0 Å². The maximum absolute atomic E-state index is 5.96. The van der Waals surface area contributed by atoms with E-state index in [0.717, 1.165) is 33.5 Å². The van der Waals surface area contributed by atoms with Crippen LogP contribution < -0.4 is 10.5 Å². The molecule has 0 aliphatic rings. The van der Waals surface area contributed by atoms with Crippen molar-refractivity contribution < 1.29 is 9.15 Å². The number of rotatable bonds is 3. The van der Waals surface area contributed by atoms with Crippen molar-refractivity contribution in [3.05, 3.63) is 58.7 Å². The van der Waals surface area contributed by atoms with Crippen LogP contribution in [0.2, 0.25) is 0 Å². The second-order valence-corrected chi connectivity index (χ2v) is 6.61. The van der Waals surface area contributed by atoms with Crippen LogP contribution in [0.5, 0.6) is 11.6 Å². The van der Waals surface area contributed by atoms with Crippen LogP contribution in [-0.4, -0.2) is 15.0 Å². The fourth-order valence-corrected chi connectivity index (χ4v) is 3.14. The normalized spacial score (nSPS) is 11.0. The van der Waals surface area contributed by atoms with Gasteiger partial charge in [-0.15, -0.1) is 0 Å². The van der Waals surface area contributed by atoms with Crippen LogP contribution >= 0.6 is 15.9 Å². The first-order valence-electron chi connectivity index (χ1n) is 7.93. The first-order valence-corrected chi connectivity index (χ1v) is 8.73. The summed E-state index contributed by atoms with van der Waals surface area (Å²) < 4.78 is 11.9. The zero-order valence-electron chi connectivity index (χ0n) is 14.2. The molecular weight excluding hydrogens is 396 g/mol. The molecule has 130 valence electrons. The average molecular weight is 411 g/mol. The van der Waals surface area contributed by atoms with Crippen molar-refractivity contribution in [3.8, 4) is 22.9 Å². The molecule has 0 saturated carbocycles. The number of aromatic nitrogens is 3. The molecular formula is C19H15BrN4O2. The summed E-state index contributed by atoms with van der Waals surface area (Å²) in [6.45, 7) is 3.90. The van der Waals surface area contributed by atoms with Gasteiger partial charge in [-0.25, -0.2) is 15.0 Å². The van der Waals surface area contributed by atoms with E-state index in [9.17, 15) is 0 Å². The number of ether oxygens (including phenoxy) is 1. The van der Waals surface area contributed by atoms with Gasteiger partial charge in [0.2, 0.25) is 5.88 Å². The lowest BCUT2D eigenvalue weighted by atomic mass is 10.0. The highest BCUT2D eigenvalue weighted by Gasteiger charge is 2.13. The number of hydrogen-bond acceptors (Lipinski definition) is 6. The Hall–Kier alpha value is -2.93. The van der Waals surface area contributed by atoms with Gasteiger partial charge < -0.3 is 14.9 Å². The van der Waals surface area contributed by atoms with Gasteiger partial charge in [0, 0.05) is 11.8 Å². The number of aryl methyl sites for hydroxylation is 2. The zero-order chi connectivity index (χ0) is 18.3. The van der Waals surface area contributed by atoms with Gasteiger partial charge in [-0.1, -0.05) is 0 Å². The molecule has 0 aliphatic heterocycles. The van der Waals surface area contributed by atoms with Crippen LogP contribution in [0.3, 0.4) is 0 Å². The average Bonchev–Trinajstić information content (AvgIpc) is 3.09. The highest BCUT2D eigenvalue weighted by molar-refractivity contribution is 9.10. The van der Waals surface area contributed by atoms with E-state index in [0.29, 0.717) is 22.1 Å². The number of halogens is 1. The van der Waals surface area contributed by atoms with Gasteiger partial charge in [-0.05, 0) is 65.7 Å². The number of anilines is 1. The fraction of sp³-hybridized carbons (Fsp3) is 0.105. The summed E-state index contributed by atoms with van der Waals surface area (Å²) in [5.74, 6) is 1.55. The molecule has 0 fully saturated rings. The topological polar surface area (TPSA) is 87.1 Å². The second kappa shape index (κ2) is 6.42. The Balaban J connectivity index is 1.71. The standard InChI is InChI=1S/C19H15BrN4O2/c1-10-9-12(26-19-14-6-8-25-15(14)5-7-22-19)3-4-13(10)16-11(2)23-17(20)18(21)24-16/h3-9H,1-2H3,(H2,21,24). The second-order valence-electron chi connectivity index (χ2n) is 5.86. The Kier molecular flexibility index (Phi) is 4.08. The minimum atomic E-state index is 0.362. The summed E-state index contributed by atoms with van der Waals surface area (Å²) >= 11 is 3.30. The quantitative estimate of drug-likeness (QED) is 0.508. The van der Waals surface area contributed by atoms with Crippen molar-refractivity contribution in [1.29, 1.82) is 0 Å². The lowest BCUT2D eigenvalue weighted by Gasteiger charge is -2.12. The molecule has 3 aromatic heterocycles. The largest absolute Gasteiger partial charge is 0.464 e. The van der Waals surface area contributed by atoms with Gasteiger partial charge in [0.05, 0.1) is 23.0 Å². The third-order valence-electron chi connectivity index (χ3n) is 4.06. The number of hydrogen-bond donors (Lipinski definition) is 1. The van der Waals surface area contributed by atoms with Crippen LogP contribution in [0.1, 0.15) is 11.3 Å². The van der Waals surface area contributed by atoms with Crippen LogP contribution in [0, 0.1) is 13.8 Å². The molecule has 0 spiro atoms. The molecule has 2 N–H and O–H groups in total. The molecule has 0 unspecified atom stereocenters. The number of nitrogens with two attached hydrogens (primary N) is 1. The molecule has 0 amide bonds. The summed E-state index contributed by atoms with van der Waals surface area (Å²) in [5.41, 5.74) is 10.1. The van der Waals surface area contributed by atoms with Gasteiger partial charge in [0.1, 0.15) is 15.9 Å². The number of benzene rings is 1. The molecule has 0 bridgehead atoms. The highest BCUT2D eigenvalue weighted by Crippen LogP contribution is 2.33. The van der Waals surface area contributed by atoms with E-state index in [1.807, 2.05) is 38.1 Å². The molecule has 26 heavy (non-hydrogen) atoms. The third-order valence-corrected chi connectivity index (χ3v) is 4.65. The number of pyridine rings is 1. The summed E-state index contributed by atoms with van der Waals surface area (Å²) in [6.07, 6.45) is 3.28. The molecule has 3 heterocycles. The van der Waals surface area contributed by atoms with E-state index in [1.165, 1.54) is 0 Å². The Labute approximate surface area is 158 Å². The summed E-state index contributed by atoms with van der Waals surface area (Å²) in [7, 11) is 0. The van der Waals surface area contributed by atoms with Gasteiger partial charge >= 0.3 is 0 Å². The lowest BCUT2D eigenvalue weighted by molar-refractivity contribution is 0.468. The Morgan fingerprint density at radius 2 is 1.96 bits per heavy atom. The van der Waals surface area contributed by atoms with E-state index < -0.39 is 0 Å². The molecule has 0 aliphatic carbocycles. The van der Waals surface area contributed by atoms with Gasteiger partial charge in [0.15, 0.2) is 5.82 Å². The lowest BCUT2D eigenvalue weighted by Crippen LogP contribution is -2.01. The molecule has 4 rings (SSSR count). The van der Waals surface area contributed by atoms with Crippen molar-refractivity contribution in [1.82, 2.24) is 15.0 Å². The van der Waals surface area contributed by atoms with Gasteiger partial charge in [-0.3, -0.25) is 0 Å². The highest BCUT2D eigenvalue weighted by atomic mass is 79.9. The third kappa shape index (κ3) is 2.90. The van der Waals surface area contributed by atoms with Crippen molar-refractivity contribution in [2.45, 2.75) is 13.8 Å². The van der Waals surface area contributed by atoms with E-state index in [1.54, 1.807) is 18.5 Å². The first kappa shape index (κ1) is 16.5. The number of nitrogens with zero attached hydrogens (tertiary/aromatic N) is 3. The Bertz CT molecular complexity index is 1120. The monoisotopic (exact) mass is 410 g/mol. The summed E-state index contributed by atoms with van der Waals surface area (Å²) in [5, 5.41) is 0.830. The number of nitrogen functional groups attached to an aromatic ring is 1. The predicted octanol–water partition coefficient (Wildman–Crippen LogP) is 5.04. The summed E-state index contributed by atoms with van der Waals surface area (Å²) in [4.78, 5) is 13.1. The number of fused-ring (bicyclic) bond motifs is 1. The molecule has 0 atom stereocenters. The van der Waals surface area contributed by atoms with Crippen LogP contribution in [-0.2, 0) is 0 Å².